The van der Waals surface area contributed by atoms with Crippen LogP contribution in [0.4, 0.5) is 0 Å². The van der Waals surface area contributed by atoms with E-state index in [1.54, 1.807) is 23.9 Å². The first-order valence-electron chi connectivity index (χ1n) is 3.16. The summed E-state index contributed by atoms with van der Waals surface area (Å²) < 4.78 is 5.81. The van der Waals surface area contributed by atoms with Gasteiger partial charge in [0.25, 0.3) is 0 Å². The Labute approximate surface area is 78.1 Å². The summed E-state index contributed by atoms with van der Waals surface area (Å²) in [5.41, 5.74) is 0. The van der Waals surface area contributed by atoms with Crippen LogP contribution in [0.2, 0.25) is 0 Å². The summed E-state index contributed by atoms with van der Waals surface area (Å²) in [5.74, 6) is 1.28. The summed E-state index contributed by atoms with van der Waals surface area (Å²) in [6.07, 6.45) is 1.46. The molecule has 1 atom stereocenters. The van der Waals surface area contributed by atoms with Crippen LogP contribution in [0.5, 0.6) is 0 Å². The van der Waals surface area contributed by atoms with Crippen molar-refractivity contribution in [1.82, 2.24) is 0 Å². The van der Waals surface area contributed by atoms with Gasteiger partial charge < -0.3 is 9.52 Å². The largest absolute Gasteiger partial charge is 0.452 e. The lowest BCUT2D eigenvalue weighted by atomic mass is 10.3. The van der Waals surface area contributed by atoms with Crippen LogP contribution in [0, 0.1) is 0 Å². The van der Waals surface area contributed by atoms with Gasteiger partial charge in [0.15, 0.2) is 4.67 Å². The van der Waals surface area contributed by atoms with Gasteiger partial charge in [-0.1, -0.05) is 0 Å². The number of thioether (sulfide) groups is 1. The van der Waals surface area contributed by atoms with E-state index in [4.69, 9.17) is 4.42 Å². The molecule has 0 radical (unpaired) electrons. The van der Waals surface area contributed by atoms with E-state index in [1.165, 1.54) is 0 Å². The van der Waals surface area contributed by atoms with Crippen LogP contribution in [-0.2, 0) is 0 Å². The Bertz CT molecular complexity index is 224. The monoisotopic (exact) mass is 236 g/mol. The first-order valence-corrected chi connectivity index (χ1v) is 5.35. The fourth-order valence-electron chi connectivity index (χ4n) is 0.747. The highest BCUT2D eigenvalue weighted by molar-refractivity contribution is 9.10. The number of hydrogen-bond acceptors (Lipinski definition) is 3. The smallest absolute Gasteiger partial charge is 0.169 e. The van der Waals surface area contributed by atoms with Gasteiger partial charge in [0.1, 0.15) is 11.9 Å². The summed E-state index contributed by atoms with van der Waals surface area (Å²) in [4.78, 5) is 0. The summed E-state index contributed by atoms with van der Waals surface area (Å²) in [5, 5.41) is 9.40. The fourth-order valence-corrected chi connectivity index (χ4v) is 1.55. The molecule has 0 amide bonds. The van der Waals surface area contributed by atoms with Gasteiger partial charge in [-0.2, -0.15) is 11.8 Å². The van der Waals surface area contributed by atoms with Crippen molar-refractivity contribution in [3.63, 3.8) is 0 Å². The maximum Gasteiger partial charge on any atom is 0.169 e. The molecule has 0 spiro atoms. The van der Waals surface area contributed by atoms with Gasteiger partial charge >= 0.3 is 0 Å². The van der Waals surface area contributed by atoms with E-state index >= 15 is 0 Å². The van der Waals surface area contributed by atoms with Crippen molar-refractivity contribution in [1.29, 1.82) is 0 Å². The van der Waals surface area contributed by atoms with Crippen molar-refractivity contribution in [2.45, 2.75) is 6.10 Å². The number of furan rings is 1. The molecule has 0 aliphatic carbocycles. The number of rotatable bonds is 3. The summed E-state index contributed by atoms with van der Waals surface area (Å²) >= 11 is 4.76. The van der Waals surface area contributed by atoms with E-state index in [0.29, 0.717) is 16.2 Å². The Morgan fingerprint density at radius 1 is 1.73 bits per heavy atom. The molecule has 0 bridgehead atoms. The van der Waals surface area contributed by atoms with E-state index in [1.807, 2.05) is 6.26 Å². The zero-order chi connectivity index (χ0) is 8.27. The quantitative estimate of drug-likeness (QED) is 0.876. The maximum absolute atomic E-state index is 9.40. The third-order valence-electron chi connectivity index (χ3n) is 1.25. The second kappa shape index (κ2) is 4.18. The molecule has 0 aliphatic rings. The van der Waals surface area contributed by atoms with Crippen LogP contribution in [0.3, 0.4) is 0 Å². The minimum atomic E-state index is -0.490. The van der Waals surface area contributed by atoms with Crippen molar-refractivity contribution in [2.24, 2.45) is 0 Å². The molecule has 1 rings (SSSR count). The summed E-state index contributed by atoms with van der Waals surface area (Å²) in [6, 6.07) is 3.55. The molecule has 0 saturated heterocycles. The number of hydrogen-bond donors (Lipinski definition) is 1. The zero-order valence-electron chi connectivity index (χ0n) is 6.08. The Morgan fingerprint density at radius 3 is 2.91 bits per heavy atom. The van der Waals surface area contributed by atoms with E-state index in [0.717, 1.165) is 0 Å². The molecule has 1 aromatic heterocycles. The SMILES string of the molecule is CSCC(O)c1ccc(Br)o1. The molecule has 0 aliphatic heterocycles. The molecule has 1 N–H and O–H groups in total. The second-order valence-electron chi connectivity index (χ2n) is 2.11. The van der Waals surface area contributed by atoms with Gasteiger partial charge in [-0.15, -0.1) is 0 Å². The van der Waals surface area contributed by atoms with Gasteiger partial charge in [-0.25, -0.2) is 0 Å². The Morgan fingerprint density at radius 2 is 2.45 bits per heavy atom. The lowest BCUT2D eigenvalue weighted by Crippen LogP contribution is -1.97. The van der Waals surface area contributed by atoms with Crippen molar-refractivity contribution in [3.05, 3.63) is 22.6 Å². The van der Waals surface area contributed by atoms with E-state index in [9.17, 15) is 5.11 Å². The molecule has 2 nitrogen and oxygen atoms in total. The Balaban J connectivity index is 2.60. The van der Waals surface area contributed by atoms with Crippen LogP contribution < -0.4 is 0 Å². The van der Waals surface area contributed by atoms with Gasteiger partial charge in [0, 0.05) is 5.75 Å². The minimum absolute atomic E-state index is 0.490. The van der Waals surface area contributed by atoms with Crippen LogP contribution >= 0.6 is 27.7 Å². The molecule has 62 valence electrons. The molecule has 0 aromatic carbocycles. The predicted molar refractivity (Wildman–Crippen MR) is 49.7 cm³/mol. The van der Waals surface area contributed by atoms with Gasteiger partial charge in [-0.05, 0) is 34.3 Å². The highest BCUT2D eigenvalue weighted by Gasteiger charge is 2.09. The fraction of sp³-hybridized carbons (Fsp3) is 0.429. The third-order valence-corrected chi connectivity index (χ3v) is 2.32. The molecule has 0 fully saturated rings. The molecule has 1 heterocycles. The molecular formula is C7H9BrO2S. The van der Waals surface area contributed by atoms with E-state index < -0.39 is 6.10 Å². The summed E-state index contributed by atoms with van der Waals surface area (Å²) in [7, 11) is 0. The average molecular weight is 237 g/mol. The van der Waals surface area contributed by atoms with E-state index in [-0.39, 0.29) is 0 Å². The Kier molecular flexibility index (Phi) is 3.48. The topological polar surface area (TPSA) is 33.4 Å². The number of halogens is 1. The lowest BCUT2D eigenvalue weighted by molar-refractivity contribution is 0.172. The van der Waals surface area contributed by atoms with Crippen molar-refractivity contribution >= 4 is 27.7 Å². The first-order chi connectivity index (χ1) is 5.24. The molecular weight excluding hydrogens is 228 g/mol. The predicted octanol–water partition coefficient (Wildman–Crippen LogP) is 2.44. The van der Waals surface area contributed by atoms with Crippen molar-refractivity contribution in [3.8, 4) is 0 Å². The molecule has 0 saturated carbocycles. The first kappa shape index (κ1) is 9.16. The van der Waals surface area contributed by atoms with Crippen LogP contribution in [0.1, 0.15) is 11.9 Å². The van der Waals surface area contributed by atoms with Crippen LogP contribution in [-0.4, -0.2) is 17.1 Å². The molecule has 1 unspecified atom stereocenters. The van der Waals surface area contributed by atoms with Crippen molar-refractivity contribution < 1.29 is 9.52 Å². The highest BCUT2D eigenvalue weighted by atomic mass is 79.9. The zero-order valence-corrected chi connectivity index (χ0v) is 8.48. The lowest BCUT2D eigenvalue weighted by Gasteiger charge is -2.03. The molecule has 4 heteroatoms. The number of aliphatic hydroxyl groups is 1. The maximum atomic E-state index is 9.40. The summed E-state index contributed by atoms with van der Waals surface area (Å²) in [6.45, 7) is 0. The number of aliphatic hydroxyl groups excluding tert-OH is 1. The Hall–Kier alpha value is 0.0700. The standard InChI is InChI=1S/C7H9BrO2S/c1-11-4-5(9)6-2-3-7(8)10-6/h2-3,5,9H,4H2,1H3. The van der Waals surface area contributed by atoms with Crippen molar-refractivity contribution in [2.75, 3.05) is 12.0 Å². The van der Waals surface area contributed by atoms with Crippen LogP contribution in [0.25, 0.3) is 0 Å². The highest BCUT2D eigenvalue weighted by Crippen LogP contribution is 2.22. The van der Waals surface area contributed by atoms with Crippen LogP contribution in [0.15, 0.2) is 21.2 Å². The van der Waals surface area contributed by atoms with Gasteiger partial charge in [0.05, 0.1) is 0 Å². The van der Waals surface area contributed by atoms with Gasteiger partial charge in [-0.3, -0.25) is 0 Å². The van der Waals surface area contributed by atoms with Gasteiger partial charge in [0.2, 0.25) is 0 Å². The normalized spacial score (nSPS) is 13.4. The second-order valence-corrected chi connectivity index (χ2v) is 3.81. The average Bonchev–Trinajstić information content (AvgIpc) is 2.36. The third kappa shape index (κ3) is 2.54. The minimum Gasteiger partial charge on any atom is -0.452 e. The molecule has 1 aromatic rings. The molecule has 11 heavy (non-hydrogen) atoms. The van der Waals surface area contributed by atoms with E-state index in [2.05, 4.69) is 15.9 Å².